The minimum atomic E-state index is -1.17. The summed E-state index contributed by atoms with van der Waals surface area (Å²) in [4.78, 5) is 66.3. The fraction of sp³-hybridized carbons (Fsp3) is 0.192. The van der Waals surface area contributed by atoms with E-state index in [1.54, 1.807) is 36.4 Å². The maximum atomic E-state index is 13.7. The molecule has 1 aliphatic heterocycles. The van der Waals surface area contributed by atoms with E-state index in [9.17, 15) is 29.1 Å². The zero-order chi connectivity index (χ0) is 26.2. The van der Waals surface area contributed by atoms with Crippen molar-refractivity contribution in [1.82, 2.24) is 10.2 Å². The summed E-state index contributed by atoms with van der Waals surface area (Å²) in [7, 11) is 0. The highest BCUT2D eigenvalue weighted by Gasteiger charge is 2.41. The molecule has 2 aromatic rings. The van der Waals surface area contributed by atoms with E-state index in [0.717, 1.165) is 0 Å². The molecule has 0 spiro atoms. The van der Waals surface area contributed by atoms with Gasteiger partial charge in [-0.25, -0.2) is 9.59 Å². The zero-order valence-electron chi connectivity index (χ0n) is 19.6. The third-order valence-electron chi connectivity index (χ3n) is 5.05. The lowest BCUT2D eigenvalue weighted by atomic mass is 10.0. The van der Waals surface area contributed by atoms with Gasteiger partial charge in [-0.2, -0.15) is 0 Å². The number of carbonyl (C=O) groups is 5. The highest BCUT2D eigenvalue weighted by atomic mass is 16.5. The molecular weight excluding hydrogens is 468 g/mol. The minimum absolute atomic E-state index is 0.102. The molecule has 2 N–H and O–H groups in total. The van der Waals surface area contributed by atoms with Crippen molar-refractivity contribution < 1.29 is 38.6 Å². The topological polar surface area (TPSA) is 139 Å². The maximum absolute atomic E-state index is 13.7. The first kappa shape index (κ1) is 25.9. The van der Waals surface area contributed by atoms with Crippen molar-refractivity contribution >= 4 is 29.7 Å². The lowest BCUT2D eigenvalue weighted by Crippen LogP contribution is -2.43. The van der Waals surface area contributed by atoms with Crippen LogP contribution in [-0.2, 0) is 23.9 Å². The Morgan fingerprint density at radius 3 is 1.86 bits per heavy atom. The van der Waals surface area contributed by atoms with Crippen molar-refractivity contribution in [1.29, 1.82) is 0 Å². The van der Waals surface area contributed by atoms with Crippen LogP contribution in [0.5, 0.6) is 0 Å². The van der Waals surface area contributed by atoms with Crippen molar-refractivity contribution in [2.75, 3.05) is 19.8 Å². The Bertz CT molecular complexity index is 1250. The van der Waals surface area contributed by atoms with Crippen molar-refractivity contribution in [3.63, 3.8) is 0 Å². The summed E-state index contributed by atoms with van der Waals surface area (Å²) >= 11 is 0. The van der Waals surface area contributed by atoms with Crippen LogP contribution in [0.1, 0.15) is 34.6 Å². The van der Waals surface area contributed by atoms with Gasteiger partial charge in [-0.3, -0.25) is 19.3 Å². The number of aliphatic hydroxyl groups is 1. The van der Waals surface area contributed by atoms with Crippen molar-refractivity contribution in [3.8, 4) is 0 Å². The van der Waals surface area contributed by atoms with Crippen LogP contribution in [-0.4, -0.2) is 59.4 Å². The average molecular weight is 492 g/mol. The molecule has 186 valence electrons. The molecule has 0 bridgehead atoms. The Morgan fingerprint density at radius 1 is 0.833 bits per heavy atom. The number of esters is 2. The average Bonchev–Trinajstić information content (AvgIpc) is 2.99. The molecule has 10 heteroatoms. The number of rotatable bonds is 7. The predicted molar refractivity (Wildman–Crippen MR) is 126 cm³/mol. The number of aliphatic hydroxyl groups excluding tert-OH is 1. The molecule has 0 radical (unpaired) electrons. The van der Waals surface area contributed by atoms with E-state index < -0.39 is 58.8 Å². The van der Waals surface area contributed by atoms with Gasteiger partial charge in [0.15, 0.2) is 0 Å². The molecule has 1 aliphatic rings. The van der Waals surface area contributed by atoms with Crippen LogP contribution < -0.4 is 5.32 Å². The molecule has 10 nitrogen and oxygen atoms in total. The monoisotopic (exact) mass is 492 g/mol. The fourth-order valence-corrected chi connectivity index (χ4v) is 3.43. The van der Waals surface area contributed by atoms with Crippen LogP contribution >= 0.6 is 0 Å². The highest BCUT2D eigenvalue weighted by molar-refractivity contribution is 6.19. The Morgan fingerprint density at radius 2 is 1.33 bits per heavy atom. The largest absolute Gasteiger partial charge is 0.509 e. The predicted octanol–water partition coefficient (Wildman–Crippen LogP) is 2.29. The molecule has 3 amide bonds. The van der Waals surface area contributed by atoms with E-state index >= 15 is 0 Å². The van der Waals surface area contributed by atoms with E-state index in [0.29, 0.717) is 4.90 Å². The number of nitrogens with one attached hydrogen (secondary N) is 1. The van der Waals surface area contributed by atoms with Crippen molar-refractivity contribution in [3.05, 3.63) is 94.4 Å². The van der Waals surface area contributed by atoms with E-state index in [2.05, 4.69) is 5.32 Å². The fourth-order valence-electron chi connectivity index (χ4n) is 3.43. The Hall–Kier alpha value is -4.73. The molecular formula is C26H24N2O8. The molecule has 0 aromatic heterocycles. The summed E-state index contributed by atoms with van der Waals surface area (Å²) in [6, 6.07) is 15.5. The first-order valence-corrected chi connectivity index (χ1v) is 11.1. The molecule has 0 aliphatic carbocycles. The van der Waals surface area contributed by atoms with Gasteiger partial charge in [-0.15, -0.1) is 0 Å². The maximum Gasteiger partial charge on any atom is 0.342 e. The quantitative estimate of drug-likeness (QED) is 0.443. The summed E-state index contributed by atoms with van der Waals surface area (Å²) < 4.78 is 10.0. The van der Waals surface area contributed by atoms with E-state index in [4.69, 9.17) is 9.47 Å². The number of ether oxygens (including phenoxy) is 2. The van der Waals surface area contributed by atoms with Gasteiger partial charge < -0.3 is 19.9 Å². The Kier molecular flexibility index (Phi) is 8.35. The Balaban J connectivity index is 2.24. The molecule has 0 saturated heterocycles. The first-order chi connectivity index (χ1) is 17.3. The third kappa shape index (κ3) is 5.49. The SMILES string of the molecule is CCOC(=O)C1=C(O)CN(C(=O)c2ccccc2)C(=O)C(NC(=O)c2ccccc2)=C1C(=O)OCC. The van der Waals surface area contributed by atoms with Gasteiger partial charge in [0.2, 0.25) is 0 Å². The van der Waals surface area contributed by atoms with Gasteiger partial charge in [0, 0.05) is 11.1 Å². The molecule has 0 saturated carbocycles. The van der Waals surface area contributed by atoms with Crippen LogP contribution in [0.3, 0.4) is 0 Å². The van der Waals surface area contributed by atoms with E-state index in [1.807, 2.05) is 0 Å². The highest BCUT2D eigenvalue weighted by Crippen LogP contribution is 2.27. The van der Waals surface area contributed by atoms with Gasteiger partial charge in [0.25, 0.3) is 17.7 Å². The normalized spacial score (nSPS) is 13.7. The number of hydrogen-bond donors (Lipinski definition) is 2. The second-order valence-corrected chi connectivity index (χ2v) is 7.40. The molecule has 36 heavy (non-hydrogen) atoms. The molecule has 0 fully saturated rings. The lowest BCUT2D eigenvalue weighted by Gasteiger charge is -2.21. The number of imide groups is 1. The van der Waals surface area contributed by atoms with Crippen LogP contribution in [0, 0.1) is 0 Å². The summed E-state index contributed by atoms with van der Waals surface area (Å²) in [6.07, 6.45) is 0. The van der Waals surface area contributed by atoms with Gasteiger partial charge in [-0.1, -0.05) is 36.4 Å². The second kappa shape index (κ2) is 11.6. The van der Waals surface area contributed by atoms with Crippen molar-refractivity contribution in [2.24, 2.45) is 0 Å². The molecule has 3 rings (SSSR count). The number of hydrogen-bond acceptors (Lipinski definition) is 8. The number of benzene rings is 2. The number of amides is 3. The number of nitrogens with zero attached hydrogens (tertiary/aromatic N) is 1. The molecule has 0 atom stereocenters. The zero-order valence-corrected chi connectivity index (χ0v) is 19.6. The van der Waals surface area contributed by atoms with Gasteiger partial charge in [0.1, 0.15) is 22.6 Å². The van der Waals surface area contributed by atoms with Crippen molar-refractivity contribution in [2.45, 2.75) is 13.8 Å². The number of carbonyl (C=O) groups excluding carboxylic acids is 5. The summed E-state index contributed by atoms with van der Waals surface area (Å²) in [5, 5.41) is 13.2. The van der Waals surface area contributed by atoms with Crippen LogP contribution in [0.25, 0.3) is 0 Å². The van der Waals surface area contributed by atoms with Gasteiger partial charge in [0.05, 0.1) is 19.8 Å². The summed E-state index contributed by atoms with van der Waals surface area (Å²) in [6.45, 7) is 2.00. The van der Waals surface area contributed by atoms with E-state index in [-0.39, 0.29) is 24.3 Å². The van der Waals surface area contributed by atoms with E-state index in [1.165, 1.54) is 38.1 Å². The molecule has 1 heterocycles. The summed E-state index contributed by atoms with van der Waals surface area (Å²) in [5.41, 5.74) is -1.87. The molecule has 0 unspecified atom stereocenters. The van der Waals surface area contributed by atoms with Crippen LogP contribution in [0.4, 0.5) is 0 Å². The summed E-state index contributed by atoms with van der Waals surface area (Å²) in [5.74, 6) is -5.83. The smallest absolute Gasteiger partial charge is 0.342 e. The standard InChI is InChI=1S/C26H24N2O8/c1-3-35-25(33)19-18(29)15-28(23(31)17-13-9-6-10-14-17)24(32)21(20(19)26(34)36-4-2)27-22(30)16-11-7-5-8-12-16/h5-14,29H,3-4,15H2,1-2H3,(H,27,30). The third-order valence-corrected chi connectivity index (χ3v) is 5.05. The minimum Gasteiger partial charge on any atom is -0.509 e. The molecule has 2 aromatic carbocycles. The van der Waals surface area contributed by atoms with Crippen LogP contribution in [0.2, 0.25) is 0 Å². The first-order valence-electron chi connectivity index (χ1n) is 11.1. The second-order valence-electron chi connectivity index (χ2n) is 7.40. The van der Waals surface area contributed by atoms with Gasteiger partial charge in [-0.05, 0) is 38.1 Å². The van der Waals surface area contributed by atoms with Crippen LogP contribution in [0.15, 0.2) is 83.3 Å². The van der Waals surface area contributed by atoms with Gasteiger partial charge >= 0.3 is 11.9 Å². The lowest BCUT2D eigenvalue weighted by molar-refractivity contribution is -0.142. The Labute approximate surface area is 206 Å².